The average Bonchev–Trinajstić information content (AvgIpc) is 2.70. The van der Waals surface area contributed by atoms with Crippen molar-refractivity contribution in [3.05, 3.63) is 23.8 Å². The van der Waals surface area contributed by atoms with E-state index >= 15 is 0 Å². The smallest absolute Gasteiger partial charge is 0.410 e. The molecule has 0 radical (unpaired) electrons. The number of hydrogen-bond donors (Lipinski definition) is 1. The van der Waals surface area contributed by atoms with Crippen molar-refractivity contribution >= 4 is 20.1 Å². The number of rotatable bonds is 8. The molecule has 0 aromatic heterocycles. The van der Waals surface area contributed by atoms with Crippen molar-refractivity contribution in [1.29, 1.82) is 0 Å². The summed E-state index contributed by atoms with van der Waals surface area (Å²) in [5, 5.41) is 10.3. The maximum absolute atomic E-state index is 12.6. The minimum absolute atomic E-state index is 0.0442. The fraction of sp³-hybridized carbons (Fsp3) is 0.667. The molecule has 1 fully saturated rings. The van der Waals surface area contributed by atoms with E-state index in [1.807, 2.05) is 6.07 Å². The van der Waals surface area contributed by atoms with Gasteiger partial charge in [-0.3, -0.25) is 4.79 Å². The molecule has 1 N–H and O–H groups in total. The molecule has 1 amide bonds. The fourth-order valence-corrected chi connectivity index (χ4v) is 4.44. The van der Waals surface area contributed by atoms with E-state index in [4.69, 9.17) is 18.9 Å². The fourth-order valence-electron chi connectivity index (χ4n) is 3.68. The number of aromatic hydroxyl groups is 1. The van der Waals surface area contributed by atoms with Crippen LogP contribution in [0.1, 0.15) is 38.7 Å². The van der Waals surface area contributed by atoms with Crippen LogP contribution in [0, 0.1) is 5.92 Å². The van der Waals surface area contributed by atoms with Crippen LogP contribution in [0.2, 0.25) is 25.7 Å². The number of ether oxygens (including phenoxy) is 4. The molecule has 1 heterocycles. The number of piperidine rings is 1. The van der Waals surface area contributed by atoms with Gasteiger partial charge in [0.2, 0.25) is 0 Å². The standard InChI is InChI=1S/C24H39NO7Si/c1-24(2,3)32-23(28)25-9-8-20(21(15-25)22(27)29-4)17-12-18(26)14-19(13-17)31-16-30-10-11-33(5,6)7/h12-14,20-21,26H,8-11,15-16H2,1-7H3/t20-,21+/m1/s1. The molecule has 186 valence electrons. The molecule has 0 aliphatic carbocycles. The lowest BCUT2D eigenvalue weighted by Gasteiger charge is -2.38. The zero-order valence-corrected chi connectivity index (χ0v) is 22.0. The summed E-state index contributed by atoms with van der Waals surface area (Å²) in [7, 11) is 0.156. The Balaban J connectivity index is 2.10. The van der Waals surface area contributed by atoms with Crippen LogP contribution < -0.4 is 4.74 Å². The molecular weight excluding hydrogens is 442 g/mol. The molecule has 0 saturated carbocycles. The van der Waals surface area contributed by atoms with E-state index in [-0.39, 0.29) is 25.0 Å². The van der Waals surface area contributed by atoms with Crippen LogP contribution in [0.3, 0.4) is 0 Å². The summed E-state index contributed by atoms with van der Waals surface area (Å²) in [5.41, 5.74) is 0.134. The zero-order chi connectivity index (χ0) is 24.8. The van der Waals surface area contributed by atoms with Crippen LogP contribution >= 0.6 is 0 Å². The van der Waals surface area contributed by atoms with E-state index in [0.29, 0.717) is 25.3 Å². The van der Waals surface area contributed by atoms with Gasteiger partial charge >= 0.3 is 12.1 Å². The molecular formula is C24H39NO7Si. The second kappa shape index (κ2) is 11.2. The average molecular weight is 482 g/mol. The number of amides is 1. The van der Waals surface area contributed by atoms with Crippen molar-refractivity contribution in [1.82, 2.24) is 4.90 Å². The predicted molar refractivity (Wildman–Crippen MR) is 128 cm³/mol. The van der Waals surface area contributed by atoms with Crippen LogP contribution in [0.15, 0.2) is 18.2 Å². The Hall–Kier alpha value is -2.26. The summed E-state index contributed by atoms with van der Waals surface area (Å²) in [6.07, 6.45) is 0.0690. The van der Waals surface area contributed by atoms with Gasteiger partial charge in [0.25, 0.3) is 0 Å². The molecule has 2 rings (SSSR count). The van der Waals surface area contributed by atoms with Crippen molar-refractivity contribution in [3.8, 4) is 11.5 Å². The summed E-state index contributed by atoms with van der Waals surface area (Å²) in [6, 6.07) is 6.00. The summed E-state index contributed by atoms with van der Waals surface area (Å²) in [4.78, 5) is 26.7. The maximum atomic E-state index is 12.6. The van der Waals surface area contributed by atoms with Crippen molar-refractivity contribution < 1.29 is 33.6 Å². The van der Waals surface area contributed by atoms with E-state index in [0.717, 1.165) is 11.6 Å². The summed E-state index contributed by atoms with van der Waals surface area (Å²) < 4.78 is 21.8. The minimum atomic E-state index is -1.18. The van der Waals surface area contributed by atoms with Crippen LogP contribution in [0.4, 0.5) is 4.79 Å². The van der Waals surface area contributed by atoms with Gasteiger partial charge in [0, 0.05) is 39.8 Å². The Morgan fingerprint density at radius 2 is 1.88 bits per heavy atom. The van der Waals surface area contributed by atoms with Gasteiger partial charge in [-0.1, -0.05) is 19.6 Å². The number of likely N-dealkylation sites (tertiary alicyclic amines) is 1. The SMILES string of the molecule is COC(=O)[C@H]1CN(C(=O)OC(C)(C)C)CC[C@@H]1c1cc(O)cc(OCOCC[Si](C)(C)C)c1. The van der Waals surface area contributed by atoms with Crippen molar-refractivity contribution in [3.63, 3.8) is 0 Å². The molecule has 33 heavy (non-hydrogen) atoms. The summed E-state index contributed by atoms with van der Waals surface area (Å²) in [5.74, 6) is -0.718. The quantitative estimate of drug-likeness (QED) is 0.251. The molecule has 1 aromatic rings. The number of carbonyl (C=O) groups excluding carboxylic acids is 2. The van der Waals surface area contributed by atoms with Crippen molar-refractivity contribution in [2.45, 2.75) is 64.4 Å². The van der Waals surface area contributed by atoms with Crippen molar-refractivity contribution in [2.24, 2.45) is 5.92 Å². The van der Waals surface area contributed by atoms with Crippen molar-refractivity contribution in [2.75, 3.05) is 33.6 Å². The summed E-state index contributed by atoms with van der Waals surface area (Å²) in [6.45, 7) is 13.6. The molecule has 1 aliphatic heterocycles. The van der Waals surface area contributed by atoms with Gasteiger partial charge in [0.05, 0.1) is 13.0 Å². The highest BCUT2D eigenvalue weighted by Gasteiger charge is 2.39. The first-order valence-corrected chi connectivity index (χ1v) is 15.1. The van der Waals surface area contributed by atoms with Gasteiger partial charge in [-0.2, -0.15) is 0 Å². The van der Waals surface area contributed by atoms with E-state index in [2.05, 4.69) is 19.6 Å². The molecule has 0 spiro atoms. The lowest BCUT2D eigenvalue weighted by Crippen LogP contribution is -2.47. The highest BCUT2D eigenvalue weighted by Crippen LogP contribution is 2.37. The van der Waals surface area contributed by atoms with Gasteiger partial charge < -0.3 is 29.0 Å². The first kappa shape index (κ1) is 27.0. The van der Waals surface area contributed by atoms with Crippen LogP contribution in [0.5, 0.6) is 11.5 Å². The third-order valence-corrected chi connectivity index (χ3v) is 7.12. The van der Waals surface area contributed by atoms with Gasteiger partial charge in [-0.05, 0) is 50.9 Å². The summed E-state index contributed by atoms with van der Waals surface area (Å²) >= 11 is 0. The molecule has 1 aromatic carbocycles. The number of hydrogen-bond acceptors (Lipinski definition) is 7. The van der Waals surface area contributed by atoms with E-state index in [1.54, 1.807) is 26.8 Å². The molecule has 1 aliphatic rings. The van der Waals surface area contributed by atoms with Gasteiger partial charge in [-0.25, -0.2) is 4.79 Å². The lowest BCUT2D eigenvalue weighted by atomic mass is 9.80. The third kappa shape index (κ3) is 8.89. The Morgan fingerprint density at radius 3 is 2.48 bits per heavy atom. The largest absolute Gasteiger partial charge is 0.508 e. The third-order valence-electron chi connectivity index (χ3n) is 5.42. The number of phenolic OH excluding ortho intramolecular Hbond substituents is 1. The van der Waals surface area contributed by atoms with Gasteiger partial charge in [0.1, 0.15) is 17.1 Å². The van der Waals surface area contributed by atoms with Gasteiger partial charge in [0.15, 0.2) is 6.79 Å². The molecule has 0 unspecified atom stereocenters. The Labute approximate surface area is 198 Å². The second-order valence-corrected chi connectivity index (χ2v) is 16.3. The number of carbonyl (C=O) groups is 2. The Kier molecular flexibility index (Phi) is 9.19. The van der Waals surface area contributed by atoms with Crippen LogP contribution in [-0.2, 0) is 19.0 Å². The maximum Gasteiger partial charge on any atom is 0.410 e. The number of nitrogens with zero attached hydrogens (tertiary/aromatic N) is 1. The van der Waals surface area contributed by atoms with Crippen LogP contribution in [-0.4, -0.2) is 69.3 Å². The Bertz CT molecular complexity index is 816. The number of methoxy groups -OCH3 is 1. The molecule has 2 atom stereocenters. The topological polar surface area (TPSA) is 94.5 Å². The first-order chi connectivity index (χ1) is 15.3. The Morgan fingerprint density at radius 1 is 1.18 bits per heavy atom. The predicted octanol–water partition coefficient (Wildman–Crippen LogP) is 4.60. The van der Waals surface area contributed by atoms with E-state index < -0.39 is 31.7 Å². The number of benzene rings is 1. The number of phenols is 1. The molecule has 1 saturated heterocycles. The highest BCUT2D eigenvalue weighted by atomic mass is 28.3. The van der Waals surface area contributed by atoms with Gasteiger partial charge in [-0.15, -0.1) is 0 Å². The second-order valence-electron chi connectivity index (χ2n) is 10.7. The molecule has 0 bridgehead atoms. The van der Waals surface area contributed by atoms with E-state index in [9.17, 15) is 14.7 Å². The van der Waals surface area contributed by atoms with Crippen LogP contribution in [0.25, 0.3) is 0 Å². The zero-order valence-electron chi connectivity index (χ0n) is 21.0. The molecule has 8 nitrogen and oxygen atoms in total. The first-order valence-electron chi connectivity index (χ1n) is 11.4. The monoisotopic (exact) mass is 481 g/mol. The minimum Gasteiger partial charge on any atom is -0.508 e. The lowest BCUT2D eigenvalue weighted by molar-refractivity contribution is -0.148. The number of esters is 1. The molecule has 9 heteroatoms. The normalized spacial score (nSPS) is 19.2. The highest BCUT2D eigenvalue weighted by molar-refractivity contribution is 6.76. The van der Waals surface area contributed by atoms with E-state index in [1.165, 1.54) is 18.1 Å².